The zero-order chi connectivity index (χ0) is 19.1. The van der Waals surface area contributed by atoms with Gasteiger partial charge in [0.1, 0.15) is 11.5 Å². The summed E-state index contributed by atoms with van der Waals surface area (Å²) in [6.45, 7) is 7.46. The minimum atomic E-state index is -0.0883. The molecule has 2 aromatic carbocycles. The van der Waals surface area contributed by atoms with E-state index in [1.165, 1.54) is 11.1 Å². The molecule has 27 heavy (non-hydrogen) atoms. The van der Waals surface area contributed by atoms with E-state index in [1.54, 1.807) is 7.11 Å². The summed E-state index contributed by atoms with van der Waals surface area (Å²) in [6, 6.07) is 16.8. The highest BCUT2D eigenvalue weighted by atomic mass is 16.6. The molecule has 1 heterocycles. The van der Waals surface area contributed by atoms with Crippen LogP contribution in [0.25, 0.3) is 0 Å². The number of ether oxygens (including phenoxy) is 4. The third-order valence-corrected chi connectivity index (χ3v) is 5.02. The van der Waals surface area contributed by atoms with E-state index in [1.807, 2.05) is 12.1 Å². The molecule has 1 aliphatic rings. The normalized spacial score (nSPS) is 16.2. The van der Waals surface area contributed by atoms with Crippen molar-refractivity contribution in [3.63, 3.8) is 0 Å². The Kier molecular flexibility index (Phi) is 6.75. The fraction of sp³-hybridized carbons (Fsp3) is 0.478. The van der Waals surface area contributed by atoms with Crippen LogP contribution in [0, 0.1) is 0 Å². The maximum absolute atomic E-state index is 5.80. The van der Waals surface area contributed by atoms with Crippen molar-refractivity contribution in [2.24, 2.45) is 0 Å². The zero-order valence-electron chi connectivity index (χ0n) is 16.6. The van der Waals surface area contributed by atoms with E-state index >= 15 is 0 Å². The molecule has 0 spiro atoms. The van der Waals surface area contributed by atoms with E-state index in [0.29, 0.717) is 19.3 Å². The monoisotopic (exact) mass is 370 g/mol. The molecular weight excluding hydrogens is 340 g/mol. The standard InChI is InChI=1S/C23H30O4/c1-23(2,18-5-9-20(10-6-18)25-15-4-14-24-3)19-7-11-21(12-8-19)26-16-13-22-17-27-22/h5-12,22H,4,13-17H2,1-3H3. The molecule has 3 rings (SSSR count). The van der Waals surface area contributed by atoms with Crippen molar-refractivity contribution < 1.29 is 18.9 Å². The molecule has 1 unspecified atom stereocenters. The van der Waals surface area contributed by atoms with Crippen LogP contribution in [0.5, 0.6) is 11.5 Å². The Morgan fingerprint density at radius 3 is 1.85 bits per heavy atom. The molecule has 0 N–H and O–H groups in total. The van der Waals surface area contributed by atoms with Gasteiger partial charge in [-0.1, -0.05) is 38.1 Å². The smallest absolute Gasteiger partial charge is 0.119 e. The van der Waals surface area contributed by atoms with E-state index in [4.69, 9.17) is 18.9 Å². The van der Waals surface area contributed by atoms with Gasteiger partial charge in [0.2, 0.25) is 0 Å². The molecule has 0 aromatic heterocycles. The third kappa shape index (κ3) is 5.72. The number of benzene rings is 2. The van der Waals surface area contributed by atoms with Crippen LogP contribution in [-0.2, 0) is 14.9 Å². The van der Waals surface area contributed by atoms with Gasteiger partial charge in [0.05, 0.1) is 25.9 Å². The van der Waals surface area contributed by atoms with Crippen molar-refractivity contribution in [3.8, 4) is 11.5 Å². The van der Waals surface area contributed by atoms with Gasteiger partial charge in [-0.2, -0.15) is 0 Å². The Morgan fingerprint density at radius 2 is 1.37 bits per heavy atom. The van der Waals surface area contributed by atoms with Gasteiger partial charge in [-0.25, -0.2) is 0 Å². The van der Waals surface area contributed by atoms with Crippen molar-refractivity contribution in [1.82, 2.24) is 0 Å². The Labute approximate surface area is 162 Å². The fourth-order valence-electron chi connectivity index (χ4n) is 3.04. The van der Waals surface area contributed by atoms with Crippen molar-refractivity contribution in [1.29, 1.82) is 0 Å². The van der Waals surface area contributed by atoms with Crippen molar-refractivity contribution in [2.75, 3.05) is 33.5 Å². The second-order valence-electron chi connectivity index (χ2n) is 7.46. The van der Waals surface area contributed by atoms with E-state index in [0.717, 1.165) is 37.6 Å². The Bertz CT molecular complexity index is 687. The van der Waals surface area contributed by atoms with Crippen molar-refractivity contribution in [3.05, 3.63) is 59.7 Å². The Balaban J connectivity index is 1.57. The second-order valence-corrected chi connectivity index (χ2v) is 7.46. The van der Waals surface area contributed by atoms with Crippen molar-refractivity contribution in [2.45, 2.75) is 38.2 Å². The van der Waals surface area contributed by atoms with Gasteiger partial charge < -0.3 is 18.9 Å². The fourth-order valence-corrected chi connectivity index (χ4v) is 3.04. The minimum absolute atomic E-state index is 0.0883. The maximum atomic E-state index is 5.80. The van der Waals surface area contributed by atoms with E-state index < -0.39 is 0 Å². The molecule has 0 aliphatic carbocycles. The summed E-state index contributed by atoms with van der Waals surface area (Å²) in [5.41, 5.74) is 2.43. The predicted octanol–water partition coefficient (Wildman–Crippen LogP) is 4.60. The van der Waals surface area contributed by atoms with E-state index in [-0.39, 0.29) is 5.41 Å². The molecule has 1 fully saturated rings. The lowest BCUT2D eigenvalue weighted by molar-refractivity contribution is 0.172. The van der Waals surface area contributed by atoms with Crippen LogP contribution < -0.4 is 9.47 Å². The average molecular weight is 370 g/mol. The zero-order valence-corrected chi connectivity index (χ0v) is 16.6. The number of epoxide rings is 1. The largest absolute Gasteiger partial charge is 0.494 e. The first-order valence-electron chi connectivity index (χ1n) is 9.67. The van der Waals surface area contributed by atoms with Crippen LogP contribution in [0.15, 0.2) is 48.5 Å². The van der Waals surface area contributed by atoms with Crippen LogP contribution in [0.3, 0.4) is 0 Å². The van der Waals surface area contributed by atoms with E-state index in [2.05, 4.69) is 50.2 Å². The first kappa shape index (κ1) is 19.7. The lowest BCUT2D eigenvalue weighted by Gasteiger charge is -2.26. The second kappa shape index (κ2) is 9.25. The number of hydrogen-bond acceptors (Lipinski definition) is 4. The topological polar surface area (TPSA) is 40.2 Å². The molecule has 0 bridgehead atoms. The van der Waals surface area contributed by atoms with Gasteiger partial charge in [-0.05, 0) is 35.4 Å². The summed E-state index contributed by atoms with van der Waals surface area (Å²) in [6.07, 6.45) is 2.27. The summed E-state index contributed by atoms with van der Waals surface area (Å²) in [5.74, 6) is 1.81. The first-order valence-corrected chi connectivity index (χ1v) is 9.67. The Morgan fingerprint density at radius 1 is 0.852 bits per heavy atom. The summed E-state index contributed by atoms with van der Waals surface area (Å²) in [7, 11) is 1.71. The highest BCUT2D eigenvalue weighted by Crippen LogP contribution is 2.33. The van der Waals surface area contributed by atoms with Gasteiger partial charge >= 0.3 is 0 Å². The summed E-state index contributed by atoms with van der Waals surface area (Å²) in [4.78, 5) is 0. The molecule has 0 amide bonds. The number of methoxy groups -OCH3 is 1. The summed E-state index contributed by atoms with van der Waals surface area (Å²) >= 11 is 0. The van der Waals surface area contributed by atoms with Crippen LogP contribution >= 0.6 is 0 Å². The van der Waals surface area contributed by atoms with Gasteiger partial charge in [0.25, 0.3) is 0 Å². The highest BCUT2D eigenvalue weighted by molar-refractivity contribution is 5.41. The van der Waals surface area contributed by atoms with E-state index in [9.17, 15) is 0 Å². The third-order valence-electron chi connectivity index (χ3n) is 5.02. The molecule has 2 aromatic rings. The quantitative estimate of drug-likeness (QED) is 0.428. The lowest BCUT2D eigenvalue weighted by atomic mass is 9.78. The maximum Gasteiger partial charge on any atom is 0.119 e. The summed E-state index contributed by atoms with van der Waals surface area (Å²) in [5, 5.41) is 0. The van der Waals surface area contributed by atoms with Gasteiger partial charge in [-0.15, -0.1) is 0 Å². The molecule has 0 saturated carbocycles. The molecule has 1 aliphatic heterocycles. The Hall–Kier alpha value is -2.04. The van der Waals surface area contributed by atoms with Gasteiger partial charge in [0.15, 0.2) is 0 Å². The molecule has 4 heteroatoms. The molecule has 4 nitrogen and oxygen atoms in total. The number of hydrogen-bond donors (Lipinski definition) is 0. The average Bonchev–Trinajstić information content (AvgIpc) is 3.50. The van der Waals surface area contributed by atoms with Crippen LogP contribution in [0.2, 0.25) is 0 Å². The minimum Gasteiger partial charge on any atom is -0.494 e. The van der Waals surface area contributed by atoms with Crippen LogP contribution in [0.1, 0.15) is 37.8 Å². The molecule has 0 radical (unpaired) electrons. The highest BCUT2D eigenvalue weighted by Gasteiger charge is 2.24. The molecule has 146 valence electrons. The molecule has 1 atom stereocenters. The molecule has 1 saturated heterocycles. The number of rotatable bonds is 11. The first-order chi connectivity index (χ1) is 13.1. The predicted molar refractivity (Wildman–Crippen MR) is 107 cm³/mol. The van der Waals surface area contributed by atoms with Gasteiger partial charge in [-0.3, -0.25) is 0 Å². The molecular formula is C23H30O4. The van der Waals surface area contributed by atoms with Crippen molar-refractivity contribution >= 4 is 0 Å². The lowest BCUT2D eigenvalue weighted by Crippen LogP contribution is -2.18. The van der Waals surface area contributed by atoms with Gasteiger partial charge in [0, 0.05) is 32.0 Å². The van der Waals surface area contributed by atoms with Crippen LogP contribution in [-0.4, -0.2) is 39.6 Å². The van der Waals surface area contributed by atoms with Crippen LogP contribution in [0.4, 0.5) is 0 Å². The summed E-state index contributed by atoms with van der Waals surface area (Å²) < 4.78 is 21.8. The SMILES string of the molecule is COCCCOc1ccc(C(C)(C)c2ccc(OCCC3CO3)cc2)cc1.